The van der Waals surface area contributed by atoms with E-state index in [1.165, 1.54) is 11.0 Å². The SMILES string of the molecule is CC(NC(=O)Nc1nn(C)c2ccc(Br)cc12)c1ncnn1-c1ncccn1. The van der Waals surface area contributed by atoms with Gasteiger partial charge in [-0.25, -0.2) is 19.7 Å². The maximum atomic E-state index is 12.5. The Morgan fingerprint density at radius 3 is 2.79 bits per heavy atom. The molecule has 0 saturated carbocycles. The lowest BCUT2D eigenvalue weighted by atomic mass is 10.2. The molecule has 2 amide bonds. The van der Waals surface area contributed by atoms with Crippen LogP contribution in [0.4, 0.5) is 10.6 Å². The van der Waals surface area contributed by atoms with E-state index in [2.05, 4.69) is 51.7 Å². The van der Waals surface area contributed by atoms with Crippen LogP contribution < -0.4 is 10.6 Å². The standard InChI is InChI=1S/C17H16BrN9O/c1-10(15-21-9-22-27(15)16-19-6-3-7-20-16)23-17(28)24-14-12-8-11(18)4-5-13(12)26(2)25-14/h3-10H,1-2H3,(H2,23,24,25,28). The van der Waals surface area contributed by atoms with Gasteiger partial charge in [0.05, 0.1) is 11.6 Å². The van der Waals surface area contributed by atoms with Crippen molar-refractivity contribution in [3.63, 3.8) is 0 Å². The third-order valence-corrected chi connectivity index (χ3v) is 4.59. The highest BCUT2D eigenvalue weighted by Gasteiger charge is 2.19. The van der Waals surface area contributed by atoms with E-state index in [0.29, 0.717) is 17.6 Å². The number of benzene rings is 1. The van der Waals surface area contributed by atoms with Gasteiger partial charge in [0.2, 0.25) is 0 Å². The largest absolute Gasteiger partial charge is 0.328 e. The van der Waals surface area contributed by atoms with Crippen molar-refractivity contribution in [3.05, 3.63) is 53.3 Å². The van der Waals surface area contributed by atoms with Crippen LogP contribution in [0.2, 0.25) is 0 Å². The molecule has 142 valence electrons. The zero-order valence-electron chi connectivity index (χ0n) is 15.0. The predicted molar refractivity (Wildman–Crippen MR) is 106 cm³/mol. The molecule has 10 nitrogen and oxygen atoms in total. The van der Waals surface area contributed by atoms with Crippen LogP contribution >= 0.6 is 15.9 Å². The summed E-state index contributed by atoms with van der Waals surface area (Å²) in [5, 5.41) is 15.0. The first-order valence-electron chi connectivity index (χ1n) is 8.40. The van der Waals surface area contributed by atoms with Crippen LogP contribution in [-0.2, 0) is 7.05 Å². The number of aromatic nitrogens is 7. The molecule has 0 fully saturated rings. The maximum absolute atomic E-state index is 12.5. The Balaban J connectivity index is 1.53. The quantitative estimate of drug-likeness (QED) is 0.502. The lowest BCUT2D eigenvalue weighted by molar-refractivity contribution is 0.248. The molecule has 1 unspecified atom stereocenters. The van der Waals surface area contributed by atoms with E-state index in [-0.39, 0.29) is 0 Å². The Morgan fingerprint density at radius 1 is 1.21 bits per heavy atom. The van der Waals surface area contributed by atoms with Gasteiger partial charge in [-0.05, 0) is 31.2 Å². The average Bonchev–Trinajstić information content (AvgIpc) is 3.28. The lowest BCUT2D eigenvalue weighted by Crippen LogP contribution is -2.33. The smallest absolute Gasteiger partial charge is 0.321 e. The zero-order valence-corrected chi connectivity index (χ0v) is 16.6. The Bertz CT molecular complexity index is 1140. The second kappa shape index (κ2) is 7.35. The highest BCUT2D eigenvalue weighted by Crippen LogP contribution is 2.26. The topological polar surface area (TPSA) is 115 Å². The van der Waals surface area contributed by atoms with Crippen molar-refractivity contribution in [2.45, 2.75) is 13.0 Å². The number of anilines is 1. The van der Waals surface area contributed by atoms with E-state index in [9.17, 15) is 4.79 Å². The summed E-state index contributed by atoms with van der Waals surface area (Å²) in [6.07, 6.45) is 4.62. The fourth-order valence-corrected chi connectivity index (χ4v) is 3.20. The monoisotopic (exact) mass is 441 g/mol. The number of hydrogen-bond acceptors (Lipinski definition) is 6. The number of urea groups is 1. The van der Waals surface area contributed by atoms with Crippen molar-refractivity contribution >= 4 is 38.7 Å². The molecule has 28 heavy (non-hydrogen) atoms. The molecule has 1 atom stereocenters. The molecular weight excluding hydrogens is 426 g/mol. The van der Waals surface area contributed by atoms with Gasteiger partial charge >= 0.3 is 6.03 Å². The van der Waals surface area contributed by atoms with Gasteiger partial charge in [-0.2, -0.15) is 14.9 Å². The molecule has 1 aromatic carbocycles. The zero-order chi connectivity index (χ0) is 19.7. The van der Waals surface area contributed by atoms with E-state index in [0.717, 1.165) is 15.4 Å². The summed E-state index contributed by atoms with van der Waals surface area (Å²) in [7, 11) is 1.82. The third kappa shape index (κ3) is 3.43. The van der Waals surface area contributed by atoms with Crippen LogP contribution in [-0.4, -0.2) is 40.5 Å². The van der Waals surface area contributed by atoms with Crippen molar-refractivity contribution in [2.75, 3.05) is 5.32 Å². The van der Waals surface area contributed by atoms with Crippen molar-refractivity contribution in [1.29, 1.82) is 0 Å². The van der Waals surface area contributed by atoms with Crippen LogP contribution in [0.15, 0.2) is 47.5 Å². The van der Waals surface area contributed by atoms with Crippen LogP contribution in [0.5, 0.6) is 0 Å². The van der Waals surface area contributed by atoms with Gasteiger partial charge in [-0.1, -0.05) is 15.9 Å². The van der Waals surface area contributed by atoms with Crippen molar-refractivity contribution in [3.8, 4) is 5.95 Å². The lowest BCUT2D eigenvalue weighted by Gasteiger charge is -2.14. The van der Waals surface area contributed by atoms with Crippen molar-refractivity contribution in [1.82, 2.24) is 39.8 Å². The summed E-state index contributed by atoms with van der Waals surface area (Å²) in [5.74, 6) is 1.36. The number of amides is 2. The van der Waals surface area contributed by atoms with Gasteiger partial charge in [0.25, 0.3) is 5.95 Å². The van der Waals surface area contributed by atoms with Crippen molar-refractivity contribution in [2.24, 2.45) is 7.05 Å². The summed E-state index contributed by atoms with van der Waals surface area (Å²) >= 11 is 3.44. The van der Waals surface area contributed by atoms with E-state index in [1.54, 1.807) is 30.1 Å². The predicted octanol–water partition coefficient (Wildman–Crippen LogP) is 2.59. The van der Waals surface area contributed by atoms with Crippen LogP contribution in [0.25, 0.3) is 16.9 Å². The number of aryl methyl sites for hydroxylation is 1. The summed E-state index contributed by atoms with van der Waals surface area (Å²) in [5.41, 5.74) is 0.910. The summed E-state index contributed by atoms with van der Waals surface area (Å²) in [4.78, 5) is 25.1. The highest BCUT2D eigenvalue weighted by atomic mass is 79.9. The number of carbonyl (C=O) groups is 1. The third-order valence-electron chi connectivity index (χ3n) is 4.09. The second-order valence-electron chi connectivity index (χ2n) is 6.03. The number of nitrogens with one attached hydrogen (secondary N) is 2. The molecule has 11 heteroatoms. The normalized spacial score (nSPS) is 12.1. The van der Waals surface area contributed by atoms with Crippen molar-refractivity contribution < 1.29 is 4.79 Å². The van der Waals surface area contributed by atoms with E-state index >= 15 is 0 Å². The Labute approximate surface area is 168 Å². The molecule has 0 spiro atoms. The van der Waals surface area contributed by atoms with Gasteiger partial charge in [-0.15, -0.1) is 0 Å². The summed E-state index contributed by atoms with van der Waals surface area (Å²) < 4.78 is 4.10. The first-order valence-corrected chi connectivity index (χ1v) is 9.19. The molecule has 0 bridgehead atoms. The van der Waals surface area contributed by atoms with Crippen LogP contribution in [0.3, 0.4) is 0 Å². The van der Waals surface area contributed by atoms with Crippen LogP contribution in [0.1, 0.15) is 18.8 Å². The molecule has 0 aliphatic heterocycles. The minimum absolute atomic E-state index is 0.379. The Hall–Kier alpha value is -3.34. The van der Waals surface area contributed by atoms with E-state index in [1.807, 2.05) is 25.2 Å². The van der Waals surface area contributed by atoms with E-state index < -0.39 is 12.1 Å². The minimum atomic E-state index is -0.437. The minimum Gasteiger partial charge on any atom is -0.328 e. The number of hydrogen-bond donors (Lipinski definition) is 2. The molecule has 0 saturated heterocycles. The molecule has 3 aromatic heterocycles. The Kier molecular flexibility index (Phi) is 4.74. The highest BCUT2D eigenvalue weighted by molar-refractivity contribution is 9.10. The molecule has 0 aliphatic carbocycles. The summed E-state index contributed by atoms with van der Waals surface area (Å²) in [6, 6.07) is 6.63. The van der Waals surface area contributed by atoms with Gasteiger partial charge in [0.1, 0.15) is 6.33 Å². The van der Waals surface area contributed by atoms with E-state index in [4.69, 9.17) is 0 Å². The molecule has 4 aromatic rings. The maximum Gasteiger partial charge on any atom is 0.321 e. The molecule has 0 radical (unpaired) electrons. The molecule has 4 rings (SSSR count). The second-order valence-corrected chi connectivity index (χ2v) is 6.95. The van der Waals surface area contributed by atoms with Gasteiger partial charge < -0.3 is 5.32 Å². The molecular formula is C17H16BrN9O. The van der Waals surface area contributed by atoms with Gasteiger partial charge in [0.15, 0.2) is 11.6 Å². The fraction of sp³-hybridized carbons (Fsp3) is 0.176. The number of halogens is 1. The van der Waals surface area contributed by atoms with Gasteiger partial charge in [-0.3, -0.25) is 10.00 Å². The molecule has 3 heterocycles. The summed E-state index contributed by atoms with van der Waals surface area (Å²) in [6.45, 7) is 1.80. The first kappa shape index (κ1) is 18.0. The fourth-order valence-electron chi connectivity index (χ4n) is 2.84. The molecule has 2 N–H and O–H groups in total. The number of rotatable bonds is 4. The first-order chi connectivity index (χ1) is 13.5. The average molecular weight is 442 g/mol. The molecule has 0 aliphatic rings. The van der Waals surface area contributed by atoms with Crippen LogP contribution in [0, 0.1) is 0 Å². The number of fused-ring (bicyclic) bond motifs is 1. The number of carbonyl (C=O) groups excluding carboxylic acids is 1. The Morgan fingerprint density at radius 2 is 2.00 bits per heavy atom. The number of nitrogens with zero attached hydrogens (tertiary/aromatic N) is 7. The van der Waals surface area contributed by atoms with Gasteiger partial charge in [0, 0.05) is 29.3 Å².